The van der Waals surface area contributed by atoms with Crippen molar-refractivity contribution >= 4 is 11.6 Å². The lowest BCUT2D eigenvalue weighted by atomic mass is 10.0. The fraction of sp³-hybridized carbons (Fsp3) is 0.750. The van der Waals surface area contributed by atoms with Crippen LogP contribution in [0.25, 0.3) is 0 Å². The Labute approximate surface area is 75.1 Å². The van der Waals surface area contributed by atoms with Gasteiger partial charge in [-0.15, -0.1) is 0 Å². The number of hydrogen-bond acceptors (Lipinski definition) is 3. The maximum atomic E-state index is 5.57. The van der Waals surface area contributed by atoms with E-state index in [4.69, 9.17) is 16.1 Å². The Bertz CT molecular complexity index is 302. The van der Waals surface area contributed by atoms with Crippen LogP contribution < -0.4 is 0 Å². The number of rotatable bonds is 1. The molecule has 2 fully saturated rings. The van der Waals surface area contributed by atoms with Crippen molar-refractivity contribution in [2.75, 3.05) is 0 Å². The molecule has 2 aliphatic carbocycles. The number of aromatic nitrogens is 2. The van der Waals surface area contributed by atoms with E-state index in [1.165, 1.54) is 19.3 Å². The highest BCUT2D eigenvalue weighted by atomic mass is 35.5. The molecule has 1 aromatic heterocycles. The molecule has 3 nitrogen and oxygen atoms in total. The highest BCUT2D eigenvalue weighted by molar-refractivity contribution is 6.28. The monoisotopic (exact) mass is 184 g/mol. The van der Waals surface area contributed by atoms with Crippen molar-refractivity contribution in [3.8, 4) is 0 Å². The summed E-state index contributed by atoms with van der Waals surface area (Å²) in [5.41, 5.74) is 0. The van der Waals surface area contributed by atoms with Crippen molar-refractivity contribution in [1.82, 2.24) is 10.1 Å². The van der Waals surface area contributed by atoms with Crippen molar-refractivity contribution in [2.45, 2.75) is 25.2 Å². The molecular formula is C8H9ClN2O. The standard InChI is InChI=1S/C8H9ClN2O/c9-8-10-7(12-11-8)6-2-4-1-5(4)3-6/h4-6H,1-3H2. The van der Waals surface area contributed by atoms with Crippen molar-refractivity contribution < 1.29 is 4.52 Å². The third-order valence-corrected chi connectivity index (χ3v) is 3.16. The van der Waals surface area contributed by atoms with Crippen molar-refractivity contribution in [2.24, 2.45) is 11.8 Å². The molecule has 4 heteroatoms. The van der Waals surface area contributed by atoms with E-state index in [-0.39, 0.29) is 5.28 Å². The van der Waals surface area contributed by atoms with Gasteiger partial charge in [0.15, 0.2) is 0 Å². The first-order chi connectivity index (χ1) is 5.83. The summed E-state index contributed by atoms with van der Waals surface area (Å²) in [6.45, 7) is 0. The zero-order chi connectivity index (χ0) is 8.13. The van der Waals surface area contributed by atoms with E-state index in [0.29, 0.717) is 5.92 Å². The van der Waals surface area contributed by atoms with Gasteiger partial charge in [-0.3, -0.25) is 0 Å². The fourth-order valence-electron chi connectivity index (χ4n) is 2.30. The van der Waals surface area contributed by atoms with Crippen LogP contribution in [0.3, 0.4) is 0 Å². The molecule has 0 radical (unpaired) electrons. The largest absolute Gasteiger partial charge is 0.338 e. The maximum absolute atomic E-state index is 5.57. The molecule has 0 aliphatic heterocycles. The van der Waals surface area contributed by atoms with Crippen LogP contribution in [0.1, 0.15) is 31.1 Å². The summed E-state index contributed by atoms with van der Waals surface area (Å²) >= 11 is 5.57. The molecule has 2 aliphatic rings. The zero-order valence-corrected chi connectivity index (χ0v) is 7.29. The van der Waals surface area contributed by atoms with Gasteiger partial charge in [0.05, 0.1) is 0 Å². The minimum atomic E-state index is 0.241. The molecule has 3 rings (SSSR count). The van der Waals surface area contributed by atoms with Gasteiger partial charge < -0.3 is 4.52 Å². The van der Waals surface area contributed by atoms with E-state index in [1.54, 1.807) is 0 Å². The quantitative estimate of drug-likeness (QED) is 0.672. The molecule has 2 unspecified atom stereocenters. The average Bonchev–Trinajstić information content (AvgIpc) is 2.49. The third-order valence-electron chi connectivity index (χ3n) is 3.01. The Morgan fingerprint density at radius 1 is 1.25 bits per heavy atom. The Morgan fingerprint density at radius 3 is 2.58 bits per heavy atom. The van der Waals surface area contributed by atoms with Crippen LogP contribution in [-0.2, 0) is 0 Å². The Hall–Kier alpha value is -0.570. The minimum Gasteiger partial charge on any atom is -0.338 e. The number of fused-ring (bicyclic) bond motifs is 1. The van der Waals surface area contributed by atoms with E-state index in [2.05, 4.69) is 10.1 Å². The smallest absolute Gasteiger partial charge is 0.263 e. The lowest BCUT2D eigenvalue weighted by Crippen LogP contribution is -1.95. The van der Waals surface area contributed by atoms with Crippen LogP contribution in [0.5, 0.6) is 0 Å². The summed E-state index contributed by atoms with van der Waals surface area (Å²) in [4.78, 5) is 4.04. The van der Waals surface area contributed by atoms with Crippen LogP contribution in [0.2, 0.25) is 5.28 Å². The summed E-state index contributed by atoms with van der Waals surface area (Å²) in [6, 6.07) is 0. The molecule has 1 aromatic rings. The van der Waals surface area contributed by atoms with Gasteiger partial charge in [-0.2, -0.15) is 4.98 Å². The second-order valence-electron chi connectivity index (χ2n) is 3.83. The van der Waals surface area contributed by atoms with Crippen LogP contribution in [0.4, 0.5) is 0 Å². The third kappa shape index (κ3) is 0.959. The highest BCUT2D eigenvalue weighted by Gasteiger charge is 2.47. The van der Waals surface area contributed by atoms with Crippen molar-refractivity contribution in [3.63, 3.8) is 0 Å². The SMILES string of the molecule is Clc1noc(C2CC3CC3C2)n1. The first kappa shape index (κ1) is 6.89. The zero-order valence-electron chi connectivity index (χ0n) is 6.53. The van der Waals surface area contributed by atoms with Crippen LogP contribution in [-0.4, -0.2) is 10.1 Å². The number of hydrogen-bond donors (Lipinski definition) is 0. The van der Waals surface area contributed by atoms with Gasteiger partial charge in [0.2, 0.25) is 5.89 Å². The van der Waals surface area contributed by atoms with E-state index < -0.39 is 0 Å². The Kier molecular flexibility index (Phi) is 1.28. The molecular weight excluding hydrogens is 176 g/mol. The van der Waals surface area contributed by atoms with Crippen LogP contribution in [0.15, 0.2) is 4.52 Å². The van der Waals surface area contributed by atoms with Crippen LogP contribution >= 0.6 is 11.6 Å². The molecule has 0 amide bonds. The van der Waals surface area contributed by atoms with E-state index in [0.717, 1.165) is 17.7 Å². The lowest BCUT2D eigenvalue weighted by molar-refractivity contribution is 0.345. The maximum Gasteiger partial charge on any atom is 0.263 e. The first-order valence-corrected chi connectivity index (χ1v) is 4.70. The first-order valence-electron chi connectivity index (χ1n) is 4.32. The molecule has 0 spiro atoms. The van der Waals surface area contributed by atoms with Gasteiger partial charge in [0.1, 0.15) is 0 Å². The summed E-state index contributed by atoms with van der Waals surface area (Å²) in [6.07, 6.45) is 3.87. The Balaban J connectivity index is 1.81. The number of nitrogens with zero attached hydrogens (tertiary/aromatic N) is 2. The molecule has 0 aromatic carbocycles. The second kappa shape index (κ2) is 2.22. The predicted octanol–water partition coefficient (Wildman–Crippen LogP) is 2.24. The summed E-state index contributed by atoms with van der Waals surface area (Å²) in [5.74, 6) is 3.13. The van der Waals surface area contributed by atoms with Crippen molar-refractivity contribution in [3.05, 3.63) is 11.2 Å². The summed E-state index contributed by atoms with van der Waals surface area (Å²) in [5, 5.41) is 3.82. The van der Waals surface area contributed by atoms with E-state index >= 15 is 0 Å². The average molecular weight is 185 g/mol. The molecule has 64 valence electrons. The molecule has 2 saturated carbocycles. The van der Waals surface area contributed by atoms with Gasteiger partial charge in [-0.25, -0.2) is 0 Å². The normalized spacial score (nSPS) is 38.2. The van der Waals surface area contributed by atoms with E-state index in [9.17, 15) is 0 Å². The van der Waals surface area contributed by atoms with Crippen LogP contribution in [0, 0.1) is 11.8 Å². The second-order valence-corrected chi connectivity index (χ2v) is 4.16. The van der Waals surface area contributed by atoms with Gasteiger partial charge in [0.25, 0.3) is 5.28 Å². The predicted molar refractivity (Wildman–Crippen MR) is 42.9 cm³/mol. The van der Waals surface area contributed by atoms with Crippen molar-refractivity contribution in [1.29, 1.82) is 0 Å². The van der Waals surface area contributed by atoms with Gasteiger partial charge in [-0.05, 0) is 47.9 Å². The molecule has 2 atom stereocenters. The van der Waals surface area contributed by atoms with E-state index in [1.807, 2.05) is 0 Å². The molecule has 0 N–H and O–H groups in total. The molecule has 1 heterocycles. The molecule has 0 bridgehead atoms. The van der Waals surface area contributed by atoms with Gasteiger partial charge >= 0.3 is 0 Å². The number of halogens is 1. The lowest BCUT2D eigenvalue weighted by Gasteiger charge is -2.03. The Morgan fingerprint density at radius 2 is 2.00 bits per heavy atom. The molecule has 0 saturated heterocycles. The summed E-state index contributed by atoms with van der Waals surface area (Å²) < 4.78 is 5.02. The van der Waals surface area contributed by atoms with Gasteiger partial charge in [0, 0.05) is 5.92 Å². The minimum absolute atomic E-state index is 0.241. The molecule has 12 heavy (non-hydrogen) atoms. The highest BCUT2D eigenvalue weighted by Crippen LogP contribution is 2.57. The topological polar surface area (TPSA) is 38.9 Å². The fourth-order valence-corrected chi connectivity index (χ4v) is 2.42. The van der Waals surface area contributed by atoms with Gasteiger partial charge in [-0.1, -0.05) is 0 Å². The summed E-state index contributed by atoms with van der Waals surface area (Å²) in [7, 11) is 0.